The number of rotatable bonds is 3. The molecule has 0 spiro atoms. The van der Waals surface area contributed by atoms with Gasteiger partial charge in [-0.3, -0.25) is 4.79 Å². The lowest BCUT2D eigenvalue weighted by molar-refractivity contribution is 0.0951. The summed E-state index contributed by atoms with van der Waals surface area (Å²) < 4.78 is 0.966. The van der Waals surface area contributed by atoms with Crippen LogP contribution in [0.1, 0.15) is 25.9 Å². The molecule has 1 aromatic carbocycles. The highest BCUT2D eigenvalue weighted by atomic mass is 79.9. The molecular weight excluding hydrogens is 312 g/mol. The van der Waals surface area contributed by atoms with Crippen molar-refractivity contribution in [2.45, 2.75) is 20.4 Å². The first-order chi connectivity index (χ1) is 8.56. The molecule has 2 rings (SSSR count). The molecule has 0 saturated heterocycles. The maximum absolute atomic E-state index is 11.9. The summed E-state index contributed by atoms with van der Waals surface area (Å²) in [5.74, 6) is -0.0621. The predicted molar refractivity (Wildman–Crippen MR) is 76.9 cm³/mol. The van der Waals surface area contributed by atoms with Crippen LogP contribution in [0, 0.1) is 13.8 Å². The number of halogens is 1. The van der Waals surface area contributed by atoms with Crippen LogP contribution in [0.25, 0.3) is 0 Å². The molecule has 0 aliphatic carbocycles. The number of nitrogens with one attached hydrogen (secondary N) is 1. The quantitative estimate of drug-likeness (QED) is 0.939. The standard InChI is InChI=1S/C13H13BrN2OS/c1-8-12(18-9(2)16-8)7-15-13(17)10-3-5-11(14)6-4-10/h3-6H,7H2,1-2H3,(H,15,17). The van der Waals surface area contributed by atoms with Gasteiger partial charge in [-0.2, -0.15) is 0 Å². The number of benzene rings is 1. The molecule has 3 nitrogen and oxygen atoms in total. The molecule has 0 fully saturated rings. The number of hydrogen-bond acceptors (Lipinski definition) is 3. The second-order valence-electron chi connectivity index (χ2n) is 3.93. The van der Waals surface area contributed by atoms with E-state index in [0.29, 0.717) is 12.1 Å². The molecule has 0 radical (unpaired) electrons. The van der Waals surface area contributed by atoms with Crippen LogP contribution in [0.15, 0.2) is 28.7 Å². The molecular formula is C13H13BrN2OS. The van der Waals surface area contributed by atoms with E-state index in [-0.39, 0.29) is 5.91 Å². The maximum Gasteiger partial charge on any atom is 0.251 e. The molecule has 1 heterocycles. The van der Waals surface area contributed by atoms with Gasteiger partial charge in [0.25, 0.3) is 5.91 Å². The molecule has 5 heteroatoms. The Balaban J connectivity index is 2.00. The summed E-state index contributed by atoms with van der Waals surface area (Å²) in [5.41, 5.74) is 1.66. The van der Waals surface area contributed by atoms with Crippen LogP contribution in [-0.4, -0.2) is 10.9 Å². The zero-order valence-electron chi connectivity index (χ0n) is 10.2. The maximum atomic E-state index is 11.9. The summed E-state index contributed by atoms with van der Waals surface area (Å²) >= 11 is 4.96. The van der Waals surface area contributed by atoms with E-state index >= 15 is 0 Å². The van der Waals surface area contributed by atoms with Crippen molar-refractivity contribution in [2.24, 2.45) is 0 Å². The van der Waals surface area contributed by atoms with Crippen molar-refractivity contribution in [3.8, 4) is 0 Å². The fourth-order valence-electron chi connectivity index (χ4n) is 1.60. The number of hydrogen-bond donors (Lipinski definition) is 1. The van der Waals surface area contributed by atoms with Gasteiger partial charge < -0.3 is 5.32 Å². The Hall–Kier alpha value is -1.20. The summed E-state index contributed by atoms with van der Waals surface area (Å²) in [4.78, 5) is 17.3. The van der Waals surface area contributed by atoms with Crippen molar-refractivity contribution in [1.29, 1.82) is 0 Å². The molecule has 2 aromatic rings. The smallest absolute Gasteiger partial charge is 0.251 e. The Bertz CT molecular complexity index is 563. The van der Waals surface area contributed by atoms with Crippen molar-refractivity contribution in [3.05, 3.63) is 49.9 Å². The van der Waals surface area contributed by atoms with Crippen LogP contribution in [0.2, 0.25) is 0 Å². The van der Waals surface area contributed by atoms with Crippen molar-refractivity contribution in [2.75, 3.05) is 0 Å². The van der Waals surface area contributed by atoms with E-state index in [0.717, 1.165) is 20.1 Å². The molecule has 1 aromatic heterocycles. The van der Waals surface area contributed by atoms with Gasteiger partial charge in [-0.1, -0.05) is 15.9 Å². The molecule has 1 N–H and O–H groups in total. The second-order valence-corrected chi connectivity index (χ2v) is 6.13. The van der Waals surface area contributed by atoms with E-state index in [1.165, 1.54) is 0 Å². The number of carbonyl (C=O) groups excluding carboxylic acids is 1. The molecule has 0 bridgehead atoms. The predicted octanol–water partition coefficient (Wildman–Crippen LogP) is 3.45. The summed E-state index contributed by atoms with van der Waals surface area (Å²) in [6.07, 6.45) is 0. The molecule has 0 aliphatic rings. The van der Waals surface area contributed by atoms with Gasteiger partial charge in [0.1, 0.15) is 0 Å². The van der Waals surface area contributed by atoms with Crippen LogP contribution in [-0.2, 0) is 6.54 Å². The van der Waals surface area contributed by atoms with Crippen molar-refractivity contribution >= 4 is 33.2 Å². The Morgan fingerprint density at radius 3 is 2.56 bits per heavy atom. The first-order valence-electron chi connectivity index (χ1n) is 5.53. The van der Waals surface area contributed by atoms with Gasteiger partial charge in [-0.25, -0.2) is 4.98 Å². The highest BCUT2D eigenvalue weighted by molar-refractivity contribution is 9.10. The average Bonchev–Trinajstić information content (AvgIpc) is 2.66. The normalized spacial score (nSPS) is 10.4. The van der Waals surface area contributed by atoms with Crippen LogP contribution >= 0.6 is 27.3 Å². The third-order valence-electron chi connectivity index (χ3n) is 2.52. The lowest BCUT2D eigenvalue weighted by Gasteiger charge is -2.04. The van der Waals surface area contributed by atoms with E-state index in [9.17, 15) is 4.79 Å². The van der Waals surface area contributed by atoms with Crippen LogP contribution in [0.4, 0.5) is 0 Å². The molecule has 0 aliphatic heterocycles. The van der Waals surface area contributed by atoms with Crippen molar-refractivity contribution in [3.63, 3.8) is 0 Å². The summed E-state index contributed by atoms with van der Waals surface area (Å²) in [5, 5.41) is 3.93. The average molecular weight is 325 g/mol. The van der Waals surface area contributed by atoms with Crippen molar-refractivity contribution in [1.82, 2.24) is 10.3 Å². The lowest BCUT2D eigenvalue weighted by Crippen LogP contribution is -2.22. The minimum Gasteiger partial charge on any atom is -0.347 e. The number of nitrogens with zero attached hydrogens (tertiary/aromatic N) is 1. The van der Waals surface area contributed by atoms with Gasteiger partial charge in [0.2, 0.25) is 0 Å². The van der Waals surface area contributed by atoms with E-state index < -0.39 is 0 Å². The number of carbonyl (C=O) groups is 1. The Kier molecular flexibility index (Phi) is 4.14. The van der Waals surface area contributed by atoms with E-state index in [1.807, 2.05) is 26.0 Å². The molecule has 0 unspecified atom stereocenters. The number of thiazole rings is 1. The first-order valence-corrected chi connectivity index (χ1v) is 7.14. The fraction of sp³-hybridized carbons (Fsp3) is 0.231. The second kappa shape index (κ2) is 5.63. The largest absolute Gasteiger partial charge is 0.347 e. The van der Waals surface area contributed by atoms with Crippen molar-refractivity contribution < 1.29 is 4.79 Å². The fourth-order valence-corrected chi connectivity index (χ4v) is 2.74. The van der Waals surface area contributed by atoms with Crippen LogP contribution in [0.3, 0.4) is 0 Å². The van der Waals surface area contributed by atoms with E-state index in [1.54, 1.807) is 23.5 Å². The number of aryl methyl sites for hydroxylation is 2. The van der Waals surface area contributed by atoms with Gasteiger partial charge in [-0.05, 0) is 38.1 Å². The van der Waals surface area contributed by atoms with Gasteiger partial charge in [0.15, 0.2) is 0 Å². The Morgan fingerprint density at radius 2 is 2.00 bits per heavy atom. The molecule has 18 heavy (non-hydrogen) atoms. The minimum absolute atomic E-state index is 0.0621. The Morgan fingerprint density at radius 1 is 1.33 bits per heavy atom. The zero-order valence-corrected chi connectivity index (χ0v) is 12.6. The number of aromatic nitrogens is 1. The molecule has 1 amide bonds. The molecule has 0 saturated carbocycles. The zero-order chi connectivity index (χ0) is 13.1. The summed E-state index contributed by atoms with van der Waals surface area (Å²) in [7, 11) is 0. The highest BCUT2D eigenvalue weighted by Crippen LogP contribution is 2.17. The Labute approximate surface area is 118 Å². The highest BCUT2D eigenvalue weighted by Gasteiger charge is 2.08. The summed E-state index contributed by atoms with van der Waals surface area (Å²) in [6, 6.07) is 7.31. The third-order valence-corrected chi connectivity index (χ3v) is 4.12. The number of amides is 1. The lowest BCUT2D eigenvalue weighted by atomic mass is 10.2. The summed E-state index contributed by atoms with van der Waals surface area (Å²) in [6.45, 7) is 4.47. The minimum atomic E-state index is -0.0621. The van der Waals surface area contributed by atoms with Crippen LogP contribution in [0.5, 0.6) is 0 Å². The van der Waals surface area contributed by atoms with E-state index in [4.69, 9.17) is 0 Å². The van der Waals surface area contributed by atoms with Gasteiger partial charge in [0, 0.05) is 14.9 Å². The third kappa shape index (κ3) is 3.17. The van der Waals surface area contributed by atoms with Gasteiger partial charge in [0.05, 0.1) is 17.2 Å². The topological polar surface area (TPSA) is 42.0 Å². The monoisotopic (exact) mass is 324 g/mol. The van der Waals surface area contributed by atoms with Gasteiger partial charge in [-0.15, -0.1) is 11.3 Å². The SMILES string of the molecule is Cc1nc(C)c(CNC(=O)c2ccc(Br)cc2)s1. The van der Waals surface area contributed by atoms with Gasteiger partial charge >= 0.3 is 0 Å². The first kappa shape index (κ1) is 13.2. The molecule has 94 valence electrons. The molecule has 0 atom stereocenters. The van der Waals surface area contributed by atoms with Crippen LogP contribution < -0.4 is 5.32 Å². The van der Waals surface area contributed by atoms with E-state index in [2.05, 4.69) is 26.2 Å².